The maximum Gasteiger partial charge on any atom is 0.159 e. The fourth-order valence-corrected chi connectivity index (χ4v) is 10.0. The van der Waals surface area contributed by atoms with E-state index in [1.807, 2.05) is 12.1 Å². The van der Waals surface area contributed by atoms with Crippen molar-refractivity contribution in [1.82, 2.24) is 0 Å². The van der Waals surface area contributed by atoms with E-state index in [1.54, 1.807) is 0 Å². The lowest BCUT2D eigenvalue weighted by atomic mass is 9.67. The molecule has 1 aliphatic rings. The van der Waals surface area contributed by atoms with Gasteiger partial charge in [0.05, 0.1) is 11.1 Å². The third-order valence-corrected chi connectivity index (χ3v) is 12.8. The van der Waals surface area contributed by atoms with Crippen LogP contribution >= 0.6 is 0 Å². The van der Waals surface area contributed by atoms with Gasteiger partial charge in [-0.25, -0.2) is 0 Å². The quantitative estimate of drug-likeness (QED) is 0.160. The minimum atomic E-state index is -0.474. The van der Waals surface area contributed by atoms with Gasteiger partial charge >= 0.3 is 0 Å². The Balaban J connectivity index is 0.937. The van der Waals surface area contributed by atoms with Crippen LogP contribution in [-0.2, 0) is 5.41 Å². The summed E-state index contributed by atoms with van der Waals surface area (Å²) >= 11 is 0. The second-order valence-electron chi connectivity index (χ2n) is 16.0. The van der Waals surface area contributed by atoms with Crippen molar-refractivity contribution in [2.75, 3.05) is 4.90 Å². The van der Waals surface area contributed by atoms with Crippen molar-refractivity contribution in [2.45, 2.75) is 5.41 Å². The molecule has 10 aromatic carbocycles. The highest BCUT2D eigenvalue weighted by Gasteiger charge is 2.46. The smallest absolute Gasteiger partial charge is 0.159 e. The van der Waals surface area contributed by atoms with Gasteiger partial charge in [0, 0.05) is 22.1 Å². The van der Waals surface area contributed by atoms with E-state index in [0.29, 0.717) is 0 Å². The van der Waals surface area contributed by atoms with Crippen molar-refractivity contribution in [1.29, 1.82) is 0 Å². The summed E-state index contributed by atoms with van der Waals surface area (Å²) in [5, 5.41) is 4.78. The number of rotatable bonds is 7. The molecule has 0 saturated carbocycles. The molecule has 0 amide bonds. The van der Waals surface area contributed by atoms with Gasteiger partial charge in [0.1, 0.15) is 5.58 Å². The molecule has 2 heteroatoms. The van der Waals surface area contributed by atoms with Crippen molar-refractivity contribution < 1.29 is 4.42 Å². The Kier molecular flexibility index (Phi) is 8.11. The van der Waals surface area contributed by atoms with Crippen molar-refractivity contribution >= 4 is 49.8 Å². The van der Waals surface area contributed by atoms with Gasteiger partial charge in [0.15, 0.2) is 5.58 Å². The third-order valence-electron chi connectivity index (χ3n) is 12.8. The van der Waals surface area contributed by atoms with Crippen molar-refractivity contribution in [3.8, 4) is 33.4 Å². The van der Waals surface area contributed by atoms with Crippen LogP contribution in [0.25, 0.3) is 66.1 Å². The molecule has 12 rings (SSSR count). The SMILES string of the molecule is c1ccc(N(c2ccc(-c3ccc(-c4ccc5c(c4)C(c4ccccc4)(c4ccccc4)c4ccc6ccccc6c4-5)cc3)cc2)c2cccc3c2oc2ccccc23)cc1. The number of furan rings is 1. The molecule has 0 fully saturated rings. The van der Waals surface area contributed by atoms with E-state index in [0.717, 1.165) is 44.6 Å². The molecule has 286 valence electrons. The topological polar surface area (TPSA) is 16.4 Å². The molecule has 1 heterocycles. The largest absolute Gasteiger partial charge is 0.454 e. The molecular formula is C59H39NO. The first-order valence-electron chi connectivity index (χ1n) is 21.0. The van der Waals surface area contributed by atoms with Gasteiger partial charge in [-0.1, -0.05) is 194 Å². The summed E-state index contributed by atoms with van der Waals surface area (Å²) in [7, 11) is 0. The number of benzene rings is 10. The average molecular weight is 778 g/mol. The third kappa shape index (κ3) is 5.50. The normalized spacial score (nSPS) is 12.7. The molecule has 1 aromatic heterocycles. The van der Waals surface area contributed by atoms with Crippen LogP contribution < -0.4 is 4.90 Å². The standard InChI is InChI=1S/C59H39NO/c1-4-16-45(17-5-1)59(46-18-6-2-7-19-46)53-38-34-43-15-10-11-22-49(43)57(53)52-37-33-44(39-54(52)59)42-29-27-40(28-30-42)41-31-35-48(36-32-41)60(47-20-8-3-9-21-47)55-25-14-24-51-50-23-12-13-26-56(50)61-58(51)55/h1-39H. The highest BCUT2D eigenvalue weighted by atomic mass is 16.3. The highest BCUT2D eigenvalue weighted by Crippen LogP contribution is 2.58. The maximum absolute atomic E-state index is 6.52. The van der Waals surface area contributed by atoms with Crippen molar-refractivity contribution in [2.24, 2.45) is 0 Å². The number of hydrogen-bond donors (Lipinski definition) is 0. The Morgan fingerprint density at radius 1 is 0.361 bits per heavy atom. The number of nitrogens with zero attached hydrogens (tertiary/aromatic N) is 1. The fraction of sp³-hybridized carbons (Fsp3) is 0.0169. The van der Waals surface area contributed by atoms with Gasteiger partial charge in [-0.2, -0.15) is 0 Å². The molecule has 0 spiro atoms. The van der Waals surface area contributed by atoms with Crippen LogP contribution in [0.4, 0.5) is 17.1 Å². The van der Waals surface area contributed by atoms with Gasteiger partial charge in [0.2, 0.25) is 0 Å². The molecule has 11 aromatic rings. The van der Waals surface area contributed by atoms with Crippen LogP contribution in [-0.4, -0.2) is 0 Å². The maximum atomic E-state index is 6.52. The van der Waals surface area contributed by atoms with Gasteiger partial charge in [-0.05, 0) is 109 Å². The van der Waals surface area contributed by atoms with Crippen LogP contribution in [0.2, 0.25) is 0 Å². The predicted molar refractivity (Wildman–Crippen MR) is 254 cm³/mol. The van der Waals surface area contributed by atoms with Gasteiger partial charge in [-0.3, -0.25) is 0 Å². The van der Waals surface area contributed by atoms with Crippen LogP contribution in [0.3, 0.4) is 0 Å². The zero-order chi connectivity index (χ0) is 40.3. The second-order valence-corrected chi connectivity index (χ2v) is 16.0. The van der Waals surface area contributed by atoms with Gasteiger partial charge in [0.25, 0.3) is 0 Å². The summed E-state index contributed by atoms with van der Waals surface area (Å²) in [6.45, 7) is 0. The number of fused-ring (bicyclic) bond motifs is 8. The minimum absolute atomic E-state index is 0.474. The lowest BCUT2D eigenvalue weighted by Gasteiger charge is -2.34. The van der Waals surface area contributed by atoms with Crippen LogP contribution in [0.15, 0.2) is 241 Å². The first-order chi connectivity index (χ1) is 30.3. The zero-order valence-electron chi connectivity index (χ0n) is 33.4. The first kappa shape index (κ1) is 35.0. The predicted octanol–water partition coefficient (Wildman–Crippen LogP) is 15.9. The van der Waals surface area contributed by atoms with E-state index < -0.39 is 5.41 Å². The van der Waals surface area contributed by atoms with E-state index in [1.165, 1.54) is 60.8 Å². The Morgan fingerprint density at radius 2 is 0.902 bits per heavy atom. The van der Waals surface area contributed by atoms with E-state index in [4.69, 9.17) is 4.42 Å². The van der Waals surface area contributed by atoms with Crippen LogP contribution in [0, 0.1) is 0 Å². The summed E-state index contributed by atoms with van der Waals surface area (Å²) in [4.78, 5) is 2.29. The summed E-state index contributed by atoms with van der Waals surface area (Å²) in [5.74, 6) is 0. The minimum Gasteiger partial charge on any atom is -0.454 e. The molecule has 0 aliphatic heterocycles. The van der Waals surface area contributed by atoms with E-state index in [9.17, 15) is 0 Å². The average Bonchev–Trinajstić information content (AvgIpc) is 3.87. The molecule has 1 aliphatic carbocycles. The lowest BCUT2D eigenvalue weighted by Crippen LogP contribution is -2.28. The summed E-state index contributed by atoms with van der Waals surface area (Å²) in [6, 6.07) is 85.9. The molecular weight excluding hydrogens is 739 g/mol. The Hall–Kier alpha value is -7.94. The van der Waals surface area contributed by atoms with Crippen molar-refractivity contribution in [3.63, 3.8) is 0 Å². The van der Waals surface area contributed by atoms with Crippen molar-refractivity contribution in [3.05, 3.63) is 259 Å². The summed E-state index contributed by atoms with van der Waals surface area (Å²) in [6.07, 6.45) is 0. The van der Waals surface area contributed by atoms with Crippen LogP contribution in [0.5, 0.6) is 0 Å². The molecule has 61 heavy (non-hydrogen) atoms. The molecule has 0 unspecified atom stereocenters. The summed E-state index contributed by atoms with van der Waals surface area (Å²) in [5.41, 5.74) is 17.0. The molecule has 0 radical (unpaired) electrons. The number of hydrogen-bond acceptors (Lipinski definition) is 2. The number of anilines is 3. The number of para-hydroxylation sites is 3. The van der Waals surface area contributed by atoms with Gasteiger partial charge in [-0.15, -0.1) is 0 Å². The molecule has 0 N–H and O–H groups in total. The first-order valence-corrected chi connectivity index (χ1v) is 21.0. The van der Waals surface area contributed by atoms with E-state index in [-0.39, 0.29) is 0 Å². The molecule has 0 saturated heterocycles. The van der Waals surface area contributed by atoms with E-state index >= 15 is 0 Å². The Bertz CT molecular complexity index is 3350. The monoisotopic (exact) mass is 777 g/mol. The second kappa shape index (κ2) is 14.1. The Labute approximate surface area is 355 Å². The molecule has 0 atom stereocenters. The van der Waals surface area contributed by atoms with Crippen LogP contribution in [0.1, 0.15) is 22.3 Å². The molecule has 2 nitrogen and oxygen atoms in total. The lowest BCUT2D eigenvalue weighted by molar-refractivity contribution is 0.669. The van der Waals surface area contributed by atoms with E-state index in [2.05, 4.69) is 229 Å². The fourth-order valence-electron chi connectivity index (χ4n) is 10.0. The highest BCUT2D eigenvalue weighted by molar-refractivity contribution is 6.10. The Morgan fingerprint density at radius 3 is 1.61 bits per heavy atom. The zero-order valence-corrected chi connectivity index (χ0v) is 33.4. The summed E-state index contributed by atoms with van der Waals surface area (Å²) < 4.78 is 6.52. The van der Waals surface area contributed by atoms with Gasteiger partial charge < -0.3 is 9.32 Å². The molecule has 0 bridgehead atoms.